The molecule has 5 nitrogen and oxygen atoms in total. The smallest absolute Gasteiger partial charge is 0.261 e. The van der Waals surface area contributed by atoms with Crippen LogP contribution in [0.5, 0.6) is 5.75 Å². The number of ether oxygens (including phenoxy) is 1. The number of hydrogen-bond acceptors (Lipinski definition) is 4. The molecule has 1 aromatic heterocycles. The Labute approximate surface area is 107 Å². The first kappa shape index (κ1) is 14.2. The summed E-state index contributed by atoms with van der Waals surface area (Å²) < 4.78 is 5.38. The predicted octanol–water partition coefficient (Wildman–Crippen LogP) is 1.19. The van der Waals surface area contributed by atoms with Gasteiger partial charge in [0.1, 0.15) is 5.75 Å². The number of carbonyl (C=O) groups is 2. The number of nitrogens with one attached hydrogen (secondary N) is 1. The molecule has 0 aliphatic heterocycles. The van der Waals surface area contributed by atoms with Crippen molar-refractivity contribution in [3.63, 3.8) is 0 Å². The van der Waals surface area contributed by atoms with E-state index in [9.17, 15) is 9.59 Å². The highest BCUT2D eigenvalue weighted by Crippen LogP contribution is 2.08. The van der Waals surface area contributed by atoms with Crippen molar-refractivity contribution in [1.82, 2.24) is 10.3 Å². The molecule has 0 radical (unpaired) electrons. The highest BCUT2D eigenvalue weighted by atomic mass is 16.5. The molecule has 5 heteroatoms. The number of aromatic nitrogens is 1. The molecule has 0 aliphatic rings. The first-order chi connectivity index (χ1) is 8.50. The summed E-state index contributed by atoms with van der Waals surface area (Å²) in [5.74, 6) is 0.125. The lowest BCUT2D eigenvalue weighted by molar-refractivity contribution is -0.130. The number of amides is 1. The summed E-state index contributed by atoms with van der Waals surface area (Å²) in [6.07, 6.45) is 2.50. The van der Waals surface area contributed by atoms with Crippen LogP contribution in [-0.2, 0) is 9.59 Å². The van der Waals surface area contributed by atoms with E-state index in [1.54, 1.807) is 39.1 Å². The summed E-state index contributed by atoms with van der Waals surface area (Å²) >= 11 is 0. The maximum Gasteiger partial charge on any atom is 0.261 e. The first-order valence-corrected chi connectivity index (χ1v) is 5.87. The normalized spacial score (nSPS) is 12.0. The lowest BCUT2D eigenvalue weighted by atomic mass is 10.1. The molecule has 0 aliphatic carbocycles. The minimum absolute atomic E-state index is 0.00284. The maximum absolute atomic E-state index is 11.7. The molecule has 1 atom stereocenters. The molecule has 98 valence electrons. The van der Waals surface area contributed by atoms with Crippen LogP contribution in [0.15, 0.2) is 24.5 Å². The molecule has 1 rings (SSSR count). The van der Waals surface area contributed by atoms with E-state index in [4.69, 9.17) is 4.74 Å². The Morgan fingerprint density at radius 2 is 2.11 bits per heavy atom. The van der Waals surface area contributed by atoms with E-state index in [1.807, 2.05) is 0 Å². The van der Waals surface area contributed by atoms with Gasteiger partial charge in [0.15, 0.2) is 11.9 Å². The molecule has 0 unspecified atom stereocenters. The van der Waals surface area contributed by atoms with Crippen LogP contribution < -0.4 is 10.1 Å². The van der Waals surface area contributed by atoms with E-state index in [-0.39, 0.29) is 24.2 Å². The van der Waals surface area contributed by atoms with Crippen molar-refractivity contribution in [2.45, 2.75) is 26.9 Å². The molecule has 0 spiro atoms. The number of carbonyl (C=O) groups excluding carboxylic acids is 2. The van der Waals surface area contributed by atoms with Crippen LogP contribution in [0.4, 0.5) is 0 Å². The van der Waals surface area contributed by atoms with E-state index in [2.05, 4.69) is 10.3 Å². The summed E-state index contributed by atoms with van der Waals surface area (Å²) in [5.41, 5.74) is 0. The molecule has 1 N–H and O–H groups in total. The fraction of sp³-hybridized carbons (Fsp3) is 0.462. The minimum Gasteiger partial charge on any atom is -0.479 e. The van der Waals surface area contributed by atoms with Gasteiger partial charge >= 0.3 is 0 Å². The Balaban J connectivity index is 2.40. The molecule has 1 amide bonds. The van der Waals surface area contributed by atoms with E-state index in [1.165, 1.54) is 6.20 Å². The van der Waals surface area contributed by atoms with Gasteiger partial charge in [-0.15, -0.1) is 0 Å². The molecule has 0 bridgehead atoms. The second kappa shape index (κ2) is 6.74. The van der Waals surface area contributed by atoms with Gasteiger partial charge in [-0.2, -0.15) is 0 Å². The van der Waals surface area contributed by atoms with Gasteiger partial charge in [0.25, 0.3) is 5.91 Å². The van der Waals surface area contributed by atoms with E-state index >= 15 is 0 Å². The zero-order valence-corrected chi connectivity index (χ0v) is 10.8. The van der Waals surface area contributed by atoms with Crippen LogP contribution in [-0.4, -0.2) is 29.3 Å². The van der Waals surface area contributed by atoms with Crippen LogP contribution in [0.2, 0.25) is 0 Å². The number of nitrogens with zero attached hydrogens (tertiary/aromatic N) is 1. The minimum atomic E-state index is -0.658. The SMILES string of the molecule is CC(C)C(=O)CNC(=O)[C@@H](C)Oc1cccnc1. The third kappa shape index (κ3) is 4.53. The van der Waals surface area contributed by atoms with Crippen LogP contribution in [0.3, 0.4) is 0 Å². The Hall–Kier alpha value is -1.91. The van der Waals surface area contributed by atoms with Crippen LogP contribution in [0, 0.1) is 5.92 Å². The second-order valence-electron chi connectivity index (χ2n) is 4.29. The fourth-order valence-corrected chi connectivity index (χ4v) is 1.20. The number of ketones is 1. The lowest BCUT2D eigenvalue weighted by Crippen LogP contribution is -2.39. The third-order valence-electron chi connectivity index (χ3n) is 2.40. The summed E-state index contributed by atoms with van der Waals surface area (Å²) in [7, 11) is 0. The number of rotatable bonds is 6. The molecule has 1 heterocycles. The number of Topliss-reactive ketones (excluding diaryl/α,β-unsaturated/α-hetero) is 1. The van der Waals surface area contributed by atoms with Gasteiger partial charge in [-0.3, -0.25) is 14.6 Å². The monoisotopic (exact) mass is 250 g/mol. The van der Waals surface area contributed by atoms with Crippen LogP contribution >= 0.6 is 0 Å². The summed E-state index contributed by atoms with van der Waals surface area (Å²) in [6.45, 7) is 5.26. The zero-order chi connectivity index (χ0) is 13.5. The van der Waals surface area contributed by atoms with Gasteiger partial charge in [-0.05, 0) is 19.1 Å². The Bertz CT molecular complexity index is 404. The van der Waals surface area contributed by atoms with E-state index in [0.29, 0.717) is 5.75 Å². The average Bonchev–Trinajstić information content (AvgIpc) is 2.36. The van der Waals surface area contributed by atoms with Gasteiger partial charge < -0.3 is 10.1 Å². The molecule has 0 saturated carbocycles. The van der Waals surface area contributed by atoms with Gasteiger partial charge in [0.05, 0.1) is 12.7 Å². The quantitative estimate of drug-likeness (QED) is 0.823. The van der Waals surface area contributed by atoms with Crippen molar-refractivity contribution in [1.29, 1.82) is 0 Å². The first-order valence-electron chi connectivity index (χ1n) is 5.87. The summed E-state index contributed by atoms with van der Waals surface area (Å²) in [4.78, 5) is 26.9. The van der Waals surface area contributed by atoms with Crippen molar-refractivity contribution in [3.05, 3.63) is 24.5 Å². The van der Waals surface area contributed by atoms with Crippen molar-refractivity contribution >= 4 is 11.7 Å². The zero-order valence-electron chi connectivity index (χ0n) is 10.8. The maximum atomic E-state index is 11.7. The highest BCUT2D eigenvalue weighted by Gasteiger charge is 2.16. The van der Waals surface area contributed by atoms with Crippen molar-refractivity contribution in [2.75, 3.05) is 6.54 Å². The van der Waals surface area contributed by atoms with Gasteiger partial charge in [-0.25, -0.2) is 0 Å². The standard InChI is InChI=1S/C13H18N2O3/c1-9(2)12(16)8-15-13(17)10(3)18-11-5-4-6-14-7-11/h4-7,9-10H,8H2,1-3H3,(H,15,17)/t10-/m1/s1. The van der Waals surface area contributed by atoms with Crippen LogP contribution in [0.1, 0.15) is 20.8 Å². The summed E-state index contributed by atoms with van der Waals surface area (Å²) in [6, 6.07) is 3.44. The Kier molecular flexibility index (Phi) is 5.30. The third-order valence-corrected chi connectivity index (χ3v) is 2.40. The topological polar surface area (TPSA) is 68.3 Å². The Morgan fingerprint density at radius 3 is 2.67 bits per heavy atom. The predicted molar refractivity (Wildman–Crippen MR) is 67.2 cm³/mol. The lowest BCUT2D eigenvalue weighted by Gasteiger charge is -2.14. The highest BCUT2D eigenvalue weighted by molar-refractivity contribution is 5.88. The second-order valence-corrected chi connectivity index (χ2v) is 4.29. The molecule has 0 saturated heterocycles. The Morgan fingerprint density at radius 1 is 1.39 bits per heavy atom. The molecule has 18 heavy (non-hydrogen) atoms. The van der Waals surface area contributed by atoms with Gasteiger partial charge in [0.2, 0.25) is 0 Å². The van der Waals surface area contributed by atoms with Crippen molar-refractivity contribution in [3.8, 4) is 5.75 Å². The number of pyridine rings is 1. The van der Waals surface area contributed by atoms with Crippen molar-refractivity contribution in [2.24, 2.45) is 5.92 Å². The average molecular weight is 250 g/mol. The molecule has 0 aromatic carbocycles. The fourth-order valence-electron chi connectivity index (χ4n) is 1.20. The molecule has 0 fully saturated rings. The largest absolute Gasteiger partial charge is 0.479 e. The molecular formula is C13H18N2O3. The van der Waals surface area contributed by atoms with Gasteiger partial charge in [0, 0.05) is 12.1 Å². The van der Waals surface area contributed by atoms with Gasteiger partial charge in [-0.1, -0.05) is 13.8 Å². The van der Waals surface area contributed by atoms with E-state index in [0.717, 1.165) is 0 Å². The molecular weight excluding hydrogens is 232 g/mol. The van der Waals surface area contributed by atoms with Crippen molar-refractivity contribution < 1.29 is 14.3 Å². The van der Waals surface area contributed by atoms with E-state index < -0.39 is 6.10 Å². The van der Waals surface area contributed by atoms with Crippen LogP contribution in [0.25, 0.3) is 0 Å². The molecule has 1 aromatic rings. The number of hydrogen-bond donors (Lipinski definition) is 1. The summed E-state index contributed by atoms with van der Waals surface area (Å²) in [5, 5.41) is 2.55.